The van der Waals surface area contributed by atoms with Crippen molar-refractivity contribution < 1.29 is 5.11 Å². The highest BCUT2D eigenvalue weighted by Gasteiger charge is 1.99. The molecule has 0 saturated carbocycles. The van der Waals surface area contributed by atoms with Gasteiger partial charge in [-0.3, -0.25) is 0 Å². The molecular formula is C6H4BrN3O. The predicted molar refractivity (Wildman–Crippen MR) is 42.4 cm³/mol. The maximum absolute atomic E-state index is 8.91. The average Bonchev–Trinajstić information content (AvgIpc) is 2.33. The lowest BCUT2D eigenvalue weighted by Crippen LogP contribution is -1.92. The van der Waals surface area contributed by atoms with Crippen LogP contribution < -0.4 is 0 Å². The lowest BCUT2D eigenvalue weighted by Gasteiger charge is -1.93. The summed E-state index contributed by atoms with van der Waals surface area (Å²) in [5.41, 5.74) is 0.842. The van der Waals surface area contributed by atoms with Crippen LogP contribution in [0.15, 0.2) is 22.9 Å². The van der Waals surface area contributed by atoms with E-state index >= 15 is 0 Å². The van der Waals surface area contributed by atoms with Crippen molar-refractivity contribution in [2.45, 2.75) is 0 Å². The van der Waals surface area contributed by atoms with Crippen LogP contribution in [0.3, 0.4) is 0 Å². The largest absolute Gasteiger partial charge is 0.478 e. The maximum atomic E-state index is 8.91. The number of nitrogens with zero attached hydrogens (tertiary/aromatic N) is 3. The van der Waals surface area contributed by atoms with Gasteiger partial charge in [-0.05, 0) is 28.1 Å². The second kappa shape index (κ2) is 2.20. The van der Waals surface area contributed by atoms with Crippen LogP contribution in [0, 0.1) is 0 Å². The third-order valence-corrected chi connectivity index (χ3v) is 1.94. The maximum Gasteiger partial charge on any atom is 0.331 e. The second-order valence-corrected chi connectivity index (χ2v) is 2.86. The number of fused-ring (bicyclic) bond motifs is 1. The van der Waals surface area contributed by atoms with Crippen LogP contribution in [0.25, 0.3) is 5.52 Å². The van der Waals surface area contributed by atoms with Crippen molar-refractivity contribution >= 4 is 21.4 Å². The molecule has 0 aliphatic rings. The summed E-state index contributed by atoms with van der Waals surface area (Å²) in [6.07, 6.45) is 1.55. The first-order valence-electron chi connectivity index (χ1n) is 2.96. The van der Waals surface area contributed by atoms with Crippen LogP contribution in [-0.2, 0) is 0 Å². The summed E-state index contributed by atoms with van der Waals surface area (Å²) in [6, 6.07) is 3.46. The van der Waals surface area contributed by atoms with E-state index in [0.29, 0.717) is 0 Å². The van der Waals surface area contributed by atoms with Crippen LogP contribution in [0.4, 0.5) is 0 Å². The topological polar surface area (TPSA) is 50.4 Å². The van der Waals surface area contributed by atoms with Gasteiger partial charge in [-0.15, -0.1) is 5.10 Å². The van der Waals surface area contributed by atoms with E-state index in [1.54, 1.807) is 10.7 Å². The fourth-order valence-electron chi connectivity index (χ4n) is 0.861. The highest BCUT2D eigenvalue weighted by Crippen LogP contribution is 2.14. The van der Waals surface area contributed by atoms with E-state index in [4.69, 9.17) is 5.11 Å². The molecule has 0 radical (unpaired) electrons. The Morgan fingerprint density at radius 2 is 2.27 bits per heavy atom. The molecule has 0 saturated heterocycles. The number of halogens is 1. The van der Waals surface area contributed by atoms with Gasteiger partial charge >= 0.3 is 6.01 Å². The lowest BCUT2D eigenvalue weighted by molar-refractivity contribution is 0.418. The molecule has 0 bridgehead atoms. The first-order valence-corrected chi connectivity index (χ1v) is 3.76. The monoisotopic (exact) mass is 213 g/mol. The van der Waals surface area contributed by atoms with E-state index in [0.717, 1.165) is 10.1 Å². The van der Waals surface area contributed by atoms with Crippen molar-refractivity contribution in [1.29, 1.82) is 0 Å². The summed E-state index contributed by atoms with van der Waals surface area (Å²) in [5.74, 6) is 0. The summed E-state index contributed by atoms with van der Waals surface area (Å²) in [4.78, 5) is 3.62. The van der Waals surface area contributed by atoms with Crippen LogP contribution in [-0.4, -0.2) is 19.7 Å². The molecule has 5 heteroatoms. The van der Waals surface area contributed by atoms with Crippen LogP contribution in [0.1, 0.15) is 0 Å². The predicted octanol–water partition coefficient (Wildman–Crippen LogP) is 1.20. The molecule has 0 aliphatic heterocycles. The molecule has 56 valence electrons. The molecule has 0 fully saturated rings. The standard InChI is InChI=1S/C6H4BrN3O/c7-5-2-1-4-3-8-6(11)9-10(4)5/h1-3H,(H,9,11). The van der Waals surface area contributed by atoms with Gasteiger partial charge in [0.15, 0.2) is 0 Å². The third-order valence-electron chi connectivity index (χ3n) is 1.34. The normalized spacial score (nSPS) is 10.6. The molecule has 11 heavy (non-hydrogen) atoms. The van der Waals surface area contributed by atoms with Gasteiger partial charge in [0.25, 0.3) is 0 Å². The first-order chi connectivity index (χ1) is 5.27. The fourth-order valence-corrected chi connectivity index (χ4v) is 1.28. The summed E-state index contributed by atoms with van der Waals surface area (Å²) in [6.45, 7) is 0. The molecule has 0 atom stereocenters. The third kappa shape index (κ3) is 0.970. The number of aromatic hydroxyl groups is 1. The smallest absolute Gasteiger partial charge is 0.331 e. The molecule has 2 rings (SSSR count). The summed E-state index contributed by atoms with van der Waals surface area (Å²) >= 11 is 3.26. The molecule has 0 aliphatic carbocycles. The highest BCUT2D eigenvalue weighted by molar-refractivity contribution is 9.10. The van der Waals surface area contributed by atoms with Gasteiger partial charge in [0.1, 0.15) is 4.60 Å². The van der Waals surface area contributed by atoms with Crippen molar-refractivity contribution in [2.75, 3.05) is 0 Å². The Bertz CT molecular complexity index is 398. The van der Waals surface area contributed by atoms with E-state index in [1.165, 1.54) is 0 Å². The summed E-state index contributed by atoms with van der Waals surface area (Å²) in [5, 5.41) is 12.7. The van der Waals surface area contributed by atoms with Gasteiger partial charge in [-0.2, -0.15) is 0 Å². The Morgan fingerprint density at radius 1 is 1.45 bits per heavy atom. The summed E-state index contributed by atoms with van der Waals surface area (Å²) in [7, 11) is 0. The Morgan fingerprint density at radius 3 is 3.09 bits per heavy atom. The van der Waals surface area contributed by atoms with Crippen LogP contribution in [0.5, 0.6) is 6.01 Å². The quantitative estimate of drug-likeness (QED) is 0.716. The zero-order valence-corrected chi connectivity index (χ0v) is 6.98. The molecule has 2 heterocycles. The van der Waals surface area contributed by atoms with Gasteiger partial charge in [-0.25, -0.2) is 9.50 Å². The van der Waals surface area contributed by atoms with Crippen molar-refractivity contribution in [3.8, 4) is 6.01 Å². The zero-order valence-electron chi connectivity index (χ0n) is 5.40. The van der Waals surface area contributed by atoms with E-state index in [-0.39, 0.29) is 6.01 Å². The minimum atomic E-state index is -0.227. The Balaban J connectivity index is 2.87. The minimum absolute atomic E-state index is 0.227. The molecule has 0 unspecified atom stereocenters. The van der Waals surface area contributed by atoms with E-state index in [1.807, 2.05) is 12.1 Å². The molecule has 2 aromatic rings. The lowest BCUT2D eigenvalue weighted by atomic mass is 10.5. The van der Waals surface area contributed by atoms with Gasteiger partial charge in [0.05, 0.1) is 11.7 Å². The first kappa shape index (κ1) is 6.60. The van der Waals surface area contributed by atoms with Crippen LogP contribution >= 0.6 is 15.9 Å². The van der Waals surface area contributed by atoms with Crippen molar-refractivity contribution in [3.05, 3.63) is 22.9 Å². The van der Waals surface area contributed by atoms with Gasteiger partial charge in [0, 0.05) is 0 Å². The zero-order chi connectivity index (χ0) is 7.84. The minimum Gasteiger partial charge on any atom is -0.478 e. The number of hydrogen-bond acceptors (Lipinski definition) is 3. The number of hydrogen-bond donors (Lipinski definition) is 1. The Labute approximate surface area is 70.6 Å². The van der Waals surface area contributed by atoms with Gasteiger partial charge < -0.3 is 5.11 Å². The SMILES string of the molecule is Oc1ncc2ccc(Br)n2n1. The molecule has 2 aromatic heterocycles. The van der Waals surface area contributed by atoms with Crippen molar-refractivity contribution in [3.63, 3.8) is 0 Å². The number of rotatable bonds is 0. The average molecular weight is 214 g/mol. The molecule has 0 amide bonds. The molecule has 4 nitrogen and oxygen atoms in total. The Hall–Kier alpha value is -1.10. The van der Waals surface area contributed by atoms with Crippen molar-refractivity contribution in [1.82, 2.24) is 14.6 Å². The molecule has 1 N–H and O–H groups in total. The van der Waals surface area contributed by atoms with Gasteiger partial charge in [-0.1, -0.05) is 0 Å². The molecule has 0 spiro atoms. The number of aromatic nitrogens is 3. The fraction of sp³-hybridized carbons (Fsp3) is 0. The van der Waals surface area contributed by atoms with Crippen molar-refractivity contribution in [2.24, 2.45) is 0 Å². The van der Waals surface area contributed by atoms with E-state index in [9.17, 15) is 0 Å². The summed E-state index contributed by atoms with van der Waals surface area (Å²) < 4.78 is 2.35. The van der Waals surface area contributed by atoms with Crippen LogP contribution in [0.2, 0.25) is 0 Å². The molecular weight excluding hydrogens is 210 g/mol. The van der Waals surface area contributed by atoms with E-state index < -0.39 is 0 Å². The highest BCUT2D eigenvalue weighted by atomic mass is 79.9. The van der Waals surface area contributed by atoms with E-state index in [2.05, 4.69) is 26.0 Å². The van der Waals surface area contributed by atoms with Gasteiger partial charge in [0.2, 0.25) is 0 Å². The Kier molecular flexibility index (Phi) is 1.32. The molecule has 0 aromatic carbocycles. The second-order valence-electron chi connectivity index (χ2n) is 2.05.